The zero-order valence-electron chi connectivity index (χ0n) is 16.5. The molecule has 11 heteroatoms. The van der Waals surface area contributed by atoms with Gasteiger partial charge in [0.2, 0.25) is 0 Å². The molecule has 2 N–H and O–H groups in total. The fraction of sp³-hybridized carbons (Fsp3) is 0.611. The lowest BCUT2D eigenvalue weighted by atomic mass is 10.1. The van der Waals surface area contributed by atoms with Gasteiger partial charge in [-0.25, -0.2) is 13.4 Å². The van der Waals surface area contributed by atoms with Crippen molar-refractivity contribution >= 4 is 16.0 Å². The quantitative estimate of drug-likeness (QED) is 0.506. The summed E-state index contributed by atoms with van der Waals surface area (Å²) in [6, 6.07) is 7.68. The predicted octanol–water partition coefficient (Wildman–Crippen LogP) is 2.20. The minimum absolute atomic E-state index is 0.160. The fourth-order valence-electron chi connectivity index (χ4n) is 3.06. The summed E-state index contributed by atoms with van der Waals surface area (Å²) in [4.78, 5) is 4.53. The van der Waals surface area contributed by atoms with Gasteiger partial charge in [0.05, 0.1) is 13.2 Å². The maximum absolute atomic E-state index is 12.7. The van der Waals surface area contributed by atoms with Gasteiger partial charge in [-0.15, -0.1) is 0 Å². The Balaban J connectivity index is 1.96. The highest BCUT2D eigenvalue weighted by atomic mass is 32.2. The molecule has 0 spiro atoms. The first kappa shape index (κ1) is 23.4. The van der Waals surface area contributed by atoms with Crippen LogP contribution in [0.15, 0.2) is 29.3 Å². The molecule has 1 aliphatic rings. The van der Waals surface area contributed by atoms with E-state index in [0.29, 0.717) is 30.0 Å². The molecule has 2 rings (SSSR count). The van der Waals surface area contributed by atoms with Crippen LogP contribution in [0, 0.1) is 0 Å². The molecule has 1 heterocycles. The first-order chi connectivity index (χ1) is 13.7. The molecule has 29 heavy (non-hydrogen) atoms. The molecule has 7 nitrogen and oxygen atoms in total. The Bertz CT molecular complexity index is 792. The maximum atomic E-state index is 12.7. The SMILES string of the molecule is CCNC(=NCc1cccc(COC)c1)NC1CCN(S(=O)(=O)C(F)(F)F)CC1. The molecule has 0 unspecified atom stereocenters. The standard InChI is InChI=1S/C18H27F3N4O3S/c1-3-22-17(23-12-14-5-4-6-15(11-14)13-28-2)24-16-7-9-25(10-8-16)29(26,27)18(19,20)21/h4-6,11,16H,3,7-10,12-13H2,1-2H3,(H2,22,23,24). The first-order valence-electron chi connectivity index (χ1n) is 9.35. The van der Waals surface area contributed by atoms with Gasteiger partial charge in [0, 0.05) is 32.8 Å². The highest BCUT2D eigenvalue weighted by Gasteiger charge is 2.50. The van der Waals surface area contributed by atoms with Crippen molar-refractivity contribution < 1.29 is 26.3 Å². The topological polar surface area (TPSA) is 83.0 Å². The highest BCUT2D eigenvalue weighted by Crippen LogP contribution is 2.28. The summed E-state index contributed by atoms with van der Waals surface area (Å²) >= 11 is 0. The van der Waals surface area contributed by atoms with Crippen LogP contribution in [0.25, 0.3) is 0 Å². The number of methoxy groups -OCH3 is 1. The summed E-state index contributed by atoms with van der Waals surface area (Å²) in [5, 5.41) is 6.30. The van der Waals surface area contributed by atoms with Crippen LogP contribution in [0.5, 0.6) is 0 Å². The molecule has 0 saturated carbocycles. The smallest absolute Gasteiger partial charge is 0.380 e. The Morgan fingerprint density at radius 1 is 1.28 bits per heavy atom. The van der Waals surface area contributed by atoms with Crippen LogP contribution >= 0.6 is 0 Å². The minimum atomic E-state index is -5.27. The largest absolute Gasteiger partial charge is 0.511 e. The number of hydrogen-bond acceptors (Lipinski definition) is 4. The summed E-state index contributed by atoms with van der Waals surface area (Å²) in [5.41, 5.74) is -3.22. The van der Waals surface area contributed by atoms with E-state index in [2.05, 4.69) is 15.6 Å². The number of alkyl halides is 3. The van der Waals surface area contributed by atoms with Crippen LogP contribution in [0.2, 0.25) is 0 Å². The number of nitrogens with one attached hydrogen (secondary N) is 2. The van der Waals surface area contributed by atoms with Crippen molar-refractivity contribution in [3.8, 4) is 0 Å². The van der Waals surface area contributed by atoms with Crippen LogP contribution in [-0.4, -0.2) is 57.0 Å². The minimum Gasteiger partial charge on any atom is -0.380 e. The summed E-state index contributed by atoms with van der Waals surface area (Å²) < 4.78 is 66.7. The molecule has 0 radical (unpaired) electrons. The van der Waals surface area contributed by atoms with E-state index in [4.69, 9.17) is 4.74 Å². The van der Waals surface area contributed by atoms with E-state index in [1.165, 1.54) is 0 Å². The van der Waals surface area contributed by atoms with Crippen molar-refractivity contribution in [2.24, 2.45) is 4.99 Å². The Kier molecular flexibility index (Phi) is 8.29. The Morgan fingerprint density at radius 3 is 2.52 bits per heavy atom. The molecule has 0 aromatic heterocycles. The fourth-order valence-corrected chi connectivity index (χ4v) is 4.04. The number of nitrogens with zero attached hydrogens (tertiary/aromatic N) is 2. The number of aliphatic imine (C=N–C) groups is 1. The first-order valence-corrected chi connectivity index (χ1v) is 10.8. The van der Waals surface area contributed by atoms with Crippen molar-refractivity contribution in [1.82, 2.24) is 14.9 Å². The monoisotopic (exact) mass is 436 g/mol. The highest BCUT2D eigenvalue weighted by molar-refractivity contribution is 7.90. The van der Waals surface area contributed by atoms with E-state index in [9.17, 15) is 21.6 Å². The van der Waals surface area contributed by atoms with E-state index in [-0.39, 0.29) is 32.0 Å². The molecule has 0 atom stereocenters. The molecule has 164 valence electrons. The predicted molar refractivity (Wildman–Crippen MR) is 105 cm³/mol. The van der Waals surface area contributed by atoms with Crippen molar-refractivity contribution in [3.05, 3.63) is 35.4 Å². The number of piperidine rings is 1. The summed E-state index contributed by atoms with van der Waals surface area (Å²) in [6.45, 7) is 3.10. The van der Waals surface area contributed by atoms with Crippen LogP contribution in [0.4, 0.5) is 13.2 Å². The van der Waals surface area contributed by atoms with Gasteiger partial charge in [0.15, 0.2) is 5.96 Å². The third-order valence-corrected chi connectivity index (χ3v) is 6.12. The lowest BCUT2D eigenvalue weighted by Crippen LogP contribution is -2.51. The zero-order valence-corrected chi connectivity index (χ0v) is 17.3. The van der Waals surface area contributed by atoms with E-state index < -0.39 is 15.5 Å². The number of hydrogen-bond donors (Lipinski definition) is 2. The van der Waals surface area contributed by atoms with Crippen molar-refractivity contribution in [1.29, 1.82) is 0 Å². The van der Waals surface area contributed by atoms with E-state index in [1.807, 2.05) is 31.2 Å². The van der Waals surface area contributed by atoms with Crippen molar-refractivity contribution in [2.45, 2.75) is 44.5 Å². The molecular weight excluding hydrogens is 409 g/mol. The van der Waals surface area contributed by atoms with Crippen LogP contribution < -0.4 is 10.6 Å². The van der Waals surface area contributed by atoms with E-state index in [1.54, 1.807) is 7.11 Å². The molecular formula is C18H27F3N4O3S. The molecule has 0 aliphatic carbocycles. The van der Waals surface area contributed by atoms with Gasteiger partial charge < -0.3 is 15.4 Å². The van der Waals surface area contributed by atoms with Gasteiger partial charge in [-0.1, -0.05) is 24.3 Å². The molecule has 1 fully saturated rings. The van der Waals surface area contributed by atoms with Gasteiger partial charge in [-0.05, 0) is 30.9 Å². The number of guanidine groups is 1. The van der Waals surface area contributed by atoms with Gasteiger partial charge in [-0.3, -0.25) is 0 Å². The number of benzene rings is 1. The Labute approximate surface area is 169 Å². The number of halogens is 3. The molecule has 1 aromatic carbocycles. The van der Waals surface area contributed by atoms with Gasteiger partial charge in [-0.2, -0.15) is 17.5 Å². The third kappa shape index (κ3) is 6.58. The number of rotatable bonds is 7. The number of ether oxygens (including phenoxy) is 1. The van der Waals surface area contributed by atoms with Crippen molar-refractivity contribution in [2.75, 3.05) is 26.7 Å². The van der Waals surface area contributed by atoms with E-state index in [0.717, 1.165) is 11.1 Å². The van der Waals surface area contributed by atoms with Crippen LogP contribution in [0.1, 0.15) is 30.9 Å². The average Bonchev–Trinajstić information content (AvgIpc) is 2.66. The Hall–Kier alpha value is -1.85. The van der Waals surface area contributed by atoms with Gasteiger partial charge in [0.1, 0.15) is 0 Å². The second-order valence-electron chi connectivity index (χ2n) is 6.72. The third-order valence-electron chi connectivity index (χ3n) is 4.49. The molecule has 1 aliphatic heterocycles. The number of sulfonamides is 1. The second-order valence-corrected chi connectivity index (χ2v) is 8.65. The van der Waals surface area contributed by atoms with E-state index >= 15 is 0 Å². The normalized spacial score (nSPS) is 17.3. The van der Waals surface area contributed by atoms with Crippen LogP contribution in [0.3, 0.4) is 0 Å². The summed E-state index contributed by atoms with van der Waals surface area (Å²) in [7, 11) is -3.64. The molecule has 0 bridgehead atoms. The summed E-state index contributed by atoms with van der Waals surface area (Å²) in [5.74, 6) is 0.543. The van der Waals surface area contributed by atoms with Crippen molar-refractivity contribution in [3.63, 3.8) is 0 Å². The van der Waals surface area contributed by atoms with Gasteiger partial charge >= 0.3 is 15.5 Å². The van der Waals surface area contributed by atoms with Crippen LogP contribution in [-0.2, 0) is 27.9 Å². The molecule has 1 saturated heterocycles. The lowest BCUT2D eigenvalue weighted by Gasteiger charge is -2.32. The maximum Gasteiger partial charge on any atom is 0.511 e. The average molecular weight is 437 g/mol. The molecule has 1 aromatic rings. The van der Waals surface area contributed by atoms with Gasteiger partial charge in [0.25, 0.3) is 0 Å². The zero-order chi connectivity index (χ0) is 21.5. The molecule has 0 amide bonds. The second kappa shape index (κ2) is 10.3. The Morgan fingerprint density at radius 2 is 1.93 bits per heavy atom. The lowest BCUT2D eigenvalue weighted by molar-refractivity contribution is -0.0494. The summed E-state index contributed by atoms with van der Waals surface area (Å²) in [6.07, 6.45) is 0.534.